The molecule has 0 aromatic heterocycles. The smallest absolute Gasteiger partial charge is 0.285 e. The number of rotatable bonds is 6. The second kappa shape index (κ2) is 6.31. The fraction of sp³-hybridized carbons (Fsp3) is 0.538. The van der Waals surface area contributed by atoms with Crippen LogP contribution in [0.25, 0.3) is 0 Å². The quantitative estimate of drug-likeness (QED) is 0.769. The van der Waals surface area contributed by atoms with Crippen LogP contribution < -0.4 is 5.32 Å². The van der Waals surface area contributed by atoms with Crippen LogP contribution in [0.5, 0.6) is 0 Å². The Hall–Kier alpha value is -0.670. The average molecular weight is 262 g/mol. The monoisotopic (exact) mass is 261 g/mol. The first-order valence-corrected chi connectivity index (χ1v) is 6.16. The first-order valence-electron chi connectivity index (χ1n) is 5.72. The van der Waals surface area contributed by atoms with E-state index in [1.54, 1.807) is 18.2 Å². The highest BCUT2D eigenvalue weighted by Crippen LogP contribution is 2.26. The molecule has 1 N–H and O–H groups in total. The summed E-state index contributed by atoms with van der Waals surface area (Å²) in [5, 5.41) is 2.81. The molecule has 4 heteroatoms. The van der Waals surface area contributed by atoms with E-state index in [4.69, 9.17) is 11.6 Å². The van der Waals surface area contributed by atoms with E-state index in [-0.39, 0.29) is 23.5 Å². The summed E-state index contributed by atoms with van der Waals surface area (Å²) in [6.45, 7) is 3.36. The van der Waals surface area contributed by atoms with Gasteiger partial charge in [-0.25, -0.2) is 0 Å². The van der Waals surface area contributed by atoms with E-state index in [1.165, 1.54) is 12.1 Å². The molecule has 0 saturated carbocycles. The van der Waals surface area contributed by atoms with Crippen molar-refractivity contribution in [2.45, 2.75) is 37.6 Å². The summed E-state index contributed by atoms with van der Waals surface area (Å²) in [5.41, 5.74) is 0.0404. The van der Waals surface area contributed by atoms with Crippen molar-refractivity contribution in [1.29, 1.82) is 0 Å². The SMILES string of the molecule is CC(Cl)CC(C)NCC(F)(F)c1ccccc1. The van der Waals surface area contributed by atoms with Gasteiger partial charge in [0, 0.05) is 17.0 Å². The Morgan fingerprint density at radius 3 is 2.35 bits per heavy atom. The summed E-state index contributed by atoms with van der Waals surface area (Å²) in [7, 11) is 0. The van der Waals surface area contributed by atoms with Crippen LogP contribution >= 0.6 is 11.6 Å². The second-order valence-corrected chi connectivity index (χ2v) is 5.11. The molecule has 0 bridgehead atoms. The number of hydrogen-bond donors (Lipinski definition) is 1. The normalized spacial score (nSPS) is 15.6. The molecule has 0 amide bonds. The van der Waals surface area contributed by atoms with Crippen LogP contribution in [0, 0.1) is 0 Å². The Labute approximate surface area is 106 Å². The molecule has 1 rings (SSSR count). The molecule has 0 fully saturated rings. The van der Waals surface area contributed by atoms with Crippen LogP contribution in [0.1, 0.15) is 25.8 Å². The zero-order chi connectivity index (χ0) is 12.9. The van der Waals surface area contributed by atoms with Crippen LogP contribution in [0.2, 0.25) is 0 Å². The number of hydrogen-bond acceptors (Lipinski definition) is 1. The summed E-state index contributed by atoms with van der Waals surface area (Å²) in [5.74, 6) is -2.84. The highest BCUT2D eigenvalue weighted by Gasteiger charge is 2.31. The molecule has 2 unspecified atom stereocenters. The molecule has 0 radical (unpaired) electrons. The van der Waals surface area contributed by atoms with Gasteiger partial charge >= 0.3 is 0 Å². The third kappa shape index (κ3) is 5.00. The molecule has 1 aromatic rings. The van der Waals surface area contributed by atoms with E-state index in [2.05, 4.69) is 5.32 Å². The van der Waals surface area contributed by atoms with E-state index >= 15 is 0 Å². The summed E-state index contributed by atoms with van der Waals surface area (Å²) in [6.07, 6.45) is 0.673. The first kappa shape index (κ1) is 14.4. The Morgan fingerprint density at radius 1 is 1.24 bits per heavy atom. The lowest BCUT2D eigenvalue weighted by Crippen LogP contribution is -2.37. The van der Waals surface area contributed by atoms with Crippen molar-refractivity contribution in [3.05, 3.63) is 35.9 Å². The maximum absolute atomic E-state index is 13.8. The van der Waals surface area contributed by atoms with Crippen molar-refractivity contribution in [3.8, 4) is 0 Å². The average Bonchev–Trinajstić information content (AvgIpc) is 2.27. The summed E-state index contributed by atoms with van der Waals surface area (Å²) < 4.78 is 27.5. The Kier molecular flexibility index (Phi) is 5.34. The van der Waals surface area contributed by atoms with Crippen molar-refractivity contribution in [1.82, 2.24) is 5.32 Å². The van der Waals surface area contributed by atoms with Crippen molar-refractivity contribution < 1.29 is 8.78 Å². The van der Waals surface area contributed by atoms with Gasteiger partial charge in [-0.2, -0.15) is 8.78 Å². The molecule has 0 spiro atoms. The Bertz CT molecular complexity index is 327. The minimum absolute atomic E-state index is 0.0113. The Morgan fingerprint density at radius 2 is 1.82 bits per heavy atom. The Balaban J connectivity index is 2.50. The minimum Gasteiger partial charge on any atom is -0.308 e. The van der Waals surface area contributed by atoms with Crippen LogP contribution in [0.15, 0.2) is 30.3 Å². The van der Waals surface area contributed by atoms with Gasteiger partial charge in [0.2, 0.25) is 0 Å². The third-order valence-electron chi connectivity index (χ3n) is 2.55. The summed E-state index contributed by atoms with van der Waals surface area (Å²) >= 11 is 5.81. The lowest BCUT2D eigenvalue weighted by atomic mass is 10.1. The predicted molar refractivity (Wildman–Crippen MR) is 67.7 cm³/mol. The molecule has 0 aliphatic carbocycles. The van der Waals surface area contributed by atoms with E-state index in [9.17, 15) is 8.78 Å². The van der Waals surface area contributed by atoms with Gasteiger partial charge in [0.05, 0.1) is 6.54 Å². The van der Waals surface area contributed by atoms with Crippen LogP contribution in [-0.2, 0) is 5.92 Å². The van der Waals surface area contributed by atoms with Crippen LogP contribution in [-0.4, -0.2) is 18.0 Å². The van der Waals surface area contributed by atoms with Gasteiger partial charge in [-0.3, -0.25) is 0 Å². The number of alkyl halides is 3. The zero-order valence-corrected chi connectivity index (χ0v) is 10.8. The van der Waals surface area contributed by atoms with Crippen molar-refractivity contribution >= 4 is 11.6 Å². The topological polar surface area (TPSA) is 12.0 Å². The molecule has 0 aliphatic heterocycles. The molecule has 2 atom stereocenters. The largest absolute Gasteiger partial charge is 0.308 e. The summed E-state index contributed by atoms with van der Waals surface area (Å²) in [4.78, 5) is 0. The van der Waals surface area contributed by atoms with Gasteiger partial charge < -0.3 is 5.32 Å². The molecular weight excluding hydrogens is 244 g/mol. The van der Waals surface area contributed by atoms with E-state index < -0.39 is 5.92 Å². The molecular formula is C13H18ClF2N. The third-order valence-corrected chi connectivity index (χ3v) is 2.73. The van der Waals surface area contributed by atoms with Crippen LogP contribution in [0.3, 0.4) is 0 Å². The molecule has 96 valence electrons. The maximum Gasteiger partial charge on any atom is 0.285 e. The minimum atomic E-state index is -2.84. The molecule has 0 saturated heterocycles. The van der Waals surface area contributed by atoms with Gasteiger partial charge in [0.25, 0.3) is 5.92 Å². The highest BCUT2D eigenvalue weighted by atomic mass is 35.5. The predicted octanol–water partition coefficient (Wildman–Crippen LogP) is 3.77. The second-order valence-electron chi connectivity index (χ2n) is 4.37. The zero-order valence-electron chi connectivity index (χ0n) is 10.1. The van der Waals surface area contributed by atoms with Crippen LogP contribution in [0.4, 0.5) is 8.78 Å². The van der Waals surface area contributed by atoms with Gasteiger partial charge in [-0.05, 0) is 20.3 Å². The first-order chi connectivity index (χ1) is 7.92. The van der Waals surface area contributed by atoms with E-state index in [0.29, 0.717) is 6.42 Å². The fourth-order valence-corrected chi connectivity index (χ4v) is 1.92. The molecule has 1 nitrogen and oxygen atoms in total. The van der Waals surface area contributed by atoms with E-state index in [1.807, 2.05) is 13.8 Å². The van der Waals surface area contributed by atoms with Crippen molar-refractivity contribution in [2.75, 3.05) is 6.54 Å². The lowest BCUT2D eigenvalue weighted by Gasteiger charge is -2.21. The standard InChI is InChI=1S/C13H18ClF2N/c1-10(14)8-11(2)17-9-13(15,16)12-6-4-3-5-7-12/h3-7,10-11,17H,8-9H2,1-2H3. The number of benzene rings is 1. The maximum atomic E-state index is 13.8. The van der Waals surface area contributed by atoms with Gasteiger partial charge in [0.1, 0.15) is 0 Å². The molecule has 1 aromatic carbocycles. The summed E-state index contributed by atoms with van der Waals surface area (Å²) in [6, 6.07) is 7.83. The van der Waals surface area contributed by atoms with Crippen molar-refractivity contribution in [3.63, 3.8) is 0 Å². The van der Waals surface area contributed by atoms with Gasteiger partial charge in [-0.15, -0.1) is 11.6 Å². The highest BCUT2D eigenvalue weighted by molar-refractivity contribution is 6.20. The van der Waals surface area contributed by atoms with E-state index in [0.717, 1.165) is 0 Å². The lowest BCUT2D eigenvalue weighted by molar-refractivity contribution is -0.00548. The fourth-order valence-electron chi connectivity index (χ4n) is 1.66. The number of halogens is 3. The molecule has 0 aliphatic rings. The molecule has 17 heavy (non-hydrogen) atoms. The number of nitrogens with one attached hydrogen (secondary N) is 1. The van der Waals surface area contributed by atoms with Gasteiger partial charge in [-0.1, -0.05) is 30.3 Å². The van der Waals surface area contributed by atoms with Gasteiger partial charge in [0.15, 0.2) is 0 Å². The van der Waals surface area contributed by atoms with Crippen molar-refractivity contribution in [2.24, 2.45) is 0 Å². The molecule has 0 heterocycles.